The van der Waals surface area contributed by atoms with Crippen LogP contribution in [0.4, 0.5) is 0 Å². The van der Waals surface area contributed by atoms with Crippen LogP contribution >= 0.6 is 0 Å². The highest BCUT2D eigenvalue weighted by Gasteiger charge is 2.18. The van der Waals surface area contributed by atoms with Crippen molar-refractivity contribution in [1.29, 1.82) is 0 Å². The molecule has 7 nitrogen and oxygen atoms in total. The van der Waals surface area contributed by atoms with Crippen LogP contribution in [0.5, 0.6) is 28.7 Å². The first-order valence-corrected chi connectivity index (χ1v) is 7.63. The van der Waals surface area contributed by atoms with E-state index in [0.717, 1.165) is 5.56 Å². The molecule has 0 fully saturated rings. The van der Waals surface area contributed by atoms with Crippen molar-refractivity contribution in [3.05, 3.63) is 41.5 Å². The van der Waals surface area contributed by atoms with Crippen molar-refractivity contribution in [2.24, 2.45) is 0 Å². The molecular formula is C18H19NO6. The van der Waals surface area contributed by atoms with Gasteiger partial charge in [-0.05, 0) is 17.7 Å². The van der Waals surface area contributed by atoms with E-state index in [1.54, 1.807) is 12.1 Å². The second-order valence-corrected chi connectivity index (χ2v) is 5.28. The van der Waals surface area contributed by atoms with Crippen LogP contribution < -0.4 is 29.0 Å². The van der Waals surface area contributed by atoms with E-state index in [9.17, 15) is 4.79 Å². The summed E-state index contributed by atoms with van der Waals surface area (Å²) in [4.78, 5) is 12.6. The molecule has 0 saturated heterocycles. The number of ether oxygens (including phenoxy) is 5. The van der Waals surface area contributed by atoms with E-state index in [-0.39, 0.29) is 12.7 Å². The van der Waals surface area contributed by atoms with Gasteiger partial charge in [-0.15, -0.1) is 0 Å². The van der Waals surface area contributed by atoms with Crippen LogP contribution in [0.3, 0.4) is 0 Å². The first kappa shape index (κ1) is 16.8. The molecule has 2 aromatic carbocycles. The Labute approximate surface area is 145 Å². The molecule has 1 aliphatic rings. The van der Waals surface area contributed by atoms with Gasteiger partial charge in [-0.25, -0.2) is 0 Å². The van der Waals surface area contributed by atoms with E-state index >= 15 is 0 Å². The predicted octanol–water partition coefficient (Wildman–Crippen LogP) is 2.37. The van der Waals surface area contributed by atoms with E-state index < -0.39 is 0 Å². The second-order valence-electron chi connectivity index (χ2n) is 5.28. The summed E-state index contributed by atoms with van der Waals surface area (Å²) in [7, 11) is 4.53. The standard InChI is InChI=1S/C18H19NO6/c1-21-14-8-16(23-3)15(22-2)7-12(14)18(20)19-9-11-4-5-13-17(6-11)25-10-24-13/h4-8H,9-10H2,1-3H3,(H,19,20). The Hall–Kier alpha value is -3.09. The predicted molar refractivity (Wildman–Crippen MR) is 89.8 cm³/mol. The van der Waals surface area contributed by atoms with Gasteiger partial charge >= 0.3 is 0 Å². The summed E-state index contributed by atoms with van der Waals surface area (Å²) < 4.78 is 26.4. The molecule has 132 valence electrons. The number of carbonyl (C=O) groups excluding carboxylic acids is 1. The summed E-state index contributed by atoms with van der Waals surface area (Å²) in [5.41, 5.74) is 1.26. The quantitative estimate of drug-likeness (QED) is 0.866. The van der Waals surface area contributed by atoms with Crippen molar-refractivity contribution in [2.75, 3.05) is 28.1 Å². The minimum Gasteiger partial charge on any atom is -0.496 e. The number of hydrogen-bond donors (Lipinski definition) is 1. The van der Waals surface area contributed by atoms with Gasteiger partial charge in [0.05, 0.1) is 26.9 Å². The topological polar surface area (TPSA) is 75.3 Å². The lowest BCUT2D eigenvalue weighted by atomic mass is 10.1. The van der Waals surface area contributed by atoms with Crippen molar-refractivity contribution in [2.45, 2.75) is 6.54 Å². The van der Waals surface area contributed by atoms with Gasteiger partial charge in [-0.2, -0.15) is 0 Å². The molecule has 0 unspecified atom stereocenters. The number of rotatable bonds is 6. The molecule has 1 aliphatic heterocycles. The SMILES string of the molecule is COc1cc(OC)c(C(=O)NCc2ccc3c(c2)OCO3)cc1OC. The molecule has 3 rings (SSSR count). The minimum atomic E-state index is -0.282. The van der Waals surface area contributed by atoms with E-state index in [1.165, 1.54) is 21.3 Å². The van der Waals surface area contributed by atoms with E-state index in [4.69, 9.17) is 23.7 Å². The lowest BCUT2D eigenvalue weighted by Crippen LogP contribution is -2.23. The number of hydrogen-bond acceptors (Lipinski definition) is 6. The molecule has 1 N–H and O–H groups in total. The molecule has 0 aromatic heterocycles. The Morgan fingerprint density at radius 3 is 2.36 bits per heavy atom. The van der Waals surface area contributed by atoms with Crippen LogP contribution in [0.25, 0.3) is 0 Å². The fourth-order valence-corrected chi connectivity index (χ4v) is 2.54. The van der Waals surface area contributed by atoms with Crippen molar-refractivity contribution in [3.63, 3.8) is 0 Å². The highest BCUT2D eigenvalue weighted by molar-refractivity contribution is 5.97. The summed E-state index contributed by atoms with van der Waals surface area (Å²) in [5, 5.41) is 2.86. The molecule has 0 atom stereocenters. The van der Waals surface area contributed by atoms with E-state index in [0.29, 0.717) is 40.9 Å². The van der Waals surface area contributed by atoms with Gasteiger partial charge in [0.15, 0.2) is 23.0 Å². The second kappa shape index (κ2) is 7.21. The number of fused-ring (bicyclic) bond motifs is 1. The van der Waals surface area contributed by atoms with Gasteiger partial charge < -0.3 is 29.0 Å². The molecule has 7 heteroatoms. The zero-order valence-corrected chi connectivity index (χ0v) is 14.3. The molecule has 0 radical (unpaired) electrons. The maximum absolute atomic E-state index is 12.6. The smallest absolute Gasteiger partial charge is 0.255 e. The highest BCUT2D eigenvalue weighted by atomic mass is 16.7. The lowest BCUT2D eigenvalue weighted by molar-refractivity contribution is 0.0947. The molecule has 1 amide bonds. The third-order valence-corrected chi connectivity index (χ3v) is 3.84. The normalized spacial score (nSPS) is 11.8. The zero-order chi connectivity index (χ0) is 17.8. The Morgan fingerprint density at radius 1 is 0.960 bits per heavy atom. The molecular weight excluding hydrogens is 326 g/mol. The third-order valence-electron chi connectivity index (χ3n) is 3.84. The Morgan fingerprint density at radius 2 is 1.64 bits per heavy atom. The maximum atomic E-state index is 12.6. The molecule has 0 saturated carbocycles. The number of amides is 1. The van der Waals surface area contributed by atoms with Crippen LogP contribution in [-0.4, -0.2) is 34.0 Å². The monoisotopic (exact) mass is 345 g/mol. The lowest BCUT2D eigenvalue weighted by Gasteiger charge is -2.14. The van der Waals surface area contributed by atoms with Crippen molar-refractivity contribution >= 4 is 5.91 Å². The molecule has 1 heterocycles. The number of benzene rings is 2. The van der Waals surface area contributed by atoms with E-state index in [2.05, 4.69) is 5.32 Å². The molecule has 0 aliphatic carbocycles. The van der Waals surface area contributed by atoms with Gasteiger partial charge in [0, 0.05) is 18.7 Å². The molecule has 25 heavy (non-hydrogen) atoms. The summed E-state index contributed by atoms with van der Waals surface area (Å²) in [6, 6.07) is 8.75. The minimum absolute atomic E-state index is 0.216. The fraction of sp³-hybridized carbons (Fsp3) is 0.278. The summed E-state index contributed by atoms with van der Waals surface area (Å²) in [5.74, 6) is 2.45. The maximum Gasteiger partial charge on any atom is 0.255 e. The van der Waals surface area contributed by atoms with E-state index in [1.807, 2.05) is 18.2 Å². The average molecular weight is 345 g/mol. The average Bonchev–Trinajstić information content (AvgIpc) is 3.12. The van der Waals surface area contributed by atoms with Gasteiger partial charge in [-0.1, -0.05) is 6.07 Å². The first-order chi connectivity index (χ1) is 12.2. The zero-order valence-electron chi connectivity index (χ0n) is 14.3. The van der Waals surface area contributed by atoms with Crippen LogP contribution in [-0.2, 0) is 6.54 Å². The summed E-state index contributed by atoms with van der Waals surface area (Å²) >= 11 is 0. The number of methoxy groups -OCH3 is 3. The summed E-state index contributed by atoms with van der Waals surface area (Å²) in [6.45, 7) is 0.557. The van der Waals surface area contributed by atoms with Crippen LogP contribution in [0.15, 0.2) is 30.3 Å². The number of carbonyl (C=O) groups is 1. The molecule has 0 spiro atoms. The first-order valence-electron chi connectivity index (χ1n) is 7.63. The molecule has 0 bridgehead atoms. The van der Waals surface area contributed by atoms with Crippen molar-refractivity contribution in [3.8, 4) is 28.7 Å². The molecule has 2 aromatic rings. The highest BCUT2D eigenvalue weighted by Crippen LogP contribution is 2.35. The number of nitrogens with one attached hydrogen (secondary N) is 1. The Bertz CT molecular complexity index is 789. The fourth-order valence-electron chi connectivity index (χ4n) is 2.54. The third kappa shape index (κ3) is 3.40. The largest absolute Gasteiger partial charge is 0.496 e. The van der Waals surface area contributed by atoms with Gasteiger partial charge in [-0.3, -0.25) is 4.79 Å². The Balaban J connectivity index is 1.76. The van der Waals surface area contributed by atoms with Crippen LogP contribution in [0.2, 0.25) is 0 Å². The Kier molecular flexibility index (Phi) is 4.83. The van der Waals surface area contributed by atoms with Crippen LogP contribution in [0.1, 0.15) is 15.9 Å². The van der Waals surface area contributed by atoms with Gasteiger partial charge in [0.25, 0.3) is 5.91 Å². The van der Waals surface area contributed by atoms with Crippen molar-refractivity contribution in [1.82, 2.24) is 5.32 Å². The van der Waals surface area contributed by atoms with Gasteiger partial charge in [0.1, 0.15) is 5.75 Å². The van der Waals surface area contributed by atoms with Crippen molar-refractivity contribution < 1.29 is 28.5 Å². The van der Waals surface area contributed by atoms with Crippen LogP contribution in [0, 0.1) is 0 Å². The van der Waals surface area contributed by atoms with Gasteiger partial charge in [0.2, 0.25) is 6.79 Å². The summed E-state index contributed by atoms with van der Waals surface area (Å²) in [6.07, 6.45) is 0.